The summed E-state index contributed by atoms with van der Waals surface area (Å²) >= 11 is 5.55. The first-order valence-corrected chi connectivity index (χ1v) is 7.00. The van der Waals surface area contributed by atoms with E-state index in [1.807, 2.05) is 0 Å². The average molecular weight is 357 g/mol. The smallest absolute Gasteiger partial charge is 0.295 e. The Balaban J connectivity index is 2.01. The molecule has 0 N–H and O–H groups in total. The minimum atomic E-state index is -4.72. The van der Waals surface area contributed by atoms with E-state index in [1.165, 1.54) is 12.1 Å². The molecule has 0 spiro atoms. The van der Waals surface area contributed by atoms with Crippen molar-refractivity contribution in [1.82, 2.24) is 9.47 Å². The second-order valence-electron chi connectivity index (χ2n) is 5.07. The molecule has 2 aromatic rings. The van der Waals surface area contributed by atoms with Crippen molar-refractivity contribution in [3.05, 3.63) is 68.6 Å². The largest absolute Gasteiger partial charge is 0.417 e. The Morgan fingerprint density at radius 1 is 1.00 bits per heavy atom. The zero-order valence-corrected chi connectivity index (χ0v) is 12.6. The van der Waals surface area contributed by atoms with Gasteiger partial charge in [0.1, 0.15) is 11.7 Å². The number of pyridine rings is 1. The summed E-state index contributed by atoms with van der Waals surface area (Å²) in [6.07, 6.45) is -4.20. The molecule has 1 aromatic carbocycles. The van der Waals surface area contributed by atoms with Crippen LogP contribution in [0.4, 0.5) is 13.2 Å². The van der Waals surface area contributed by atoms with Crippen molar-refractivity contribution in [2.24, 2.45) is 0 Å². The molecule has 2 heterocycles. The molecule has 0 fully saturated rings. The molecule has 2 amide bonds. The quantitative estimate of drug-likeness (QED) is 0.777. The fourth-order valence-electron chi connectivity index (χ4n) is 2.38. The molecule has 0 unspecified atom stereocenters. The number of benzene rings is 1. The summed E-state index contributed by atoms with van der Waals surface area (Å²) in [6, 6.07) is 6.47. The normalized spacial score (nSPS) is 14.2. The van der Waals surface area contributed by atoms with Crippen LogP contribution >= 0.6 is 11.6 Å². The molecule has 0 radical (unpaired) electrons. The van der Waals surface area contributed by atoms with Crippen LogP contribution in [0.3, 0.4) is 0 Å². The van der Waals surface area contributed by atoms with Gasteiger partial charge in [-0.1, -0.05) is 23.7 Å². The molecular formula is C15H8ClF3N2O3. The highest BCUT2D eigenvalue weighted by atomic mass is 35.5. The molecule has 124 valence electrons. The Bertz CT molecular complexity index is 886. The van der Waals surface area contributed by atoms with Crippen molar-refractivity contribution in [1.29, 1.82) is 0 Å². The molecule has 0 aliphatic carbocycles. The average Bonchev–Trinajstić information content (AvgIpc) is 2.76. The molecule has 1 aliphatic rings. The van der Waals surface area contributed by atoms with Crippen LogP contribution in [-0.4, -0.2) is 21.3 Å². The van der Waals surface area contributed by atoms with E-state index in [9.17, 15) is 27.6 Å². The summed E-state index contributed by atoms with van der Waals surface area (Å²) in [5.41, 5.74) is -1.81. The molecule has 24 heavy (non-hydrogen) atoms. The predicted octanol–water partition coefficient (Wildman–Crippen LogP) is 2.77. The number of hydrogen-bond donors (Lipinski definition) is 0. The Hall–Kier alpha value is -2.61. The van der Waals surface area contributed by atoms with Crippen molar-refractivity contribution < 1.29 is 22.8 Å². The van der Waals surface area contributed by atoms with Gasteiger partial charge in [-0.25, -0.2) is 0 Å². The highest BCUT2D eigenvalue weighted by Crippen LogP contribution is 2.30. The summed E-state index contributed by atoms with van der Waals surface area (Å²) in [5, 5.41) is -0.651. The summed E-state index contributed by atoms with van der Waals surface area (Å²) in [4.78, 5) is 37.1. The van der Waals surface area contributed by atoms with E-state index in [2.05, 4.69) is 0 Å². The summed E-state index contributed by atoms with van der Waals surface area (Å²) < 4.78 is 39.1. The number of nitrogens with zero attached hydrogens (tertiary/aromatic N) is 2. The number of amides is 2. The van der Waals surface area contributed by atoms with Crippen LogP contribution in [0.25, 0.3) is 0 Å². The number of alkyl halides is 3. The first-order valence-electron chi connectivity index (χ1n) is 6.62. The summed E-state index contributed by atoms with van der Waals surface area (Å²) in [6.45, 7) is -0.658. The number of fused-ring (bicyclic) bond motifs is 1. The maximum absolute atomic E-state index is 12.8. The van der Waals surface area contributed by atoms with E-state index >= 15 is 0 Å². The highest BCUT2D eigenvalue weighted by Gasteiger charge is 2.36. The van der Waals surface area contributed by atoms with Crippen molar-refractivity contribution >= 4 is 23.4 Å². The topological polar surface area (TPSA) is 59.4 Å². The third-order valence-corrected chi connectivity index (χ3v) is 3.81. The molecule has 0 atom stereocenters. The molecule has 0 saturated heterocycles. The zero-order chi connectivity index (χ0) is 17.6. The van der Waals surface area contributed by atoms with E-state index in [4.69, 9.17) is 11.6 Å². The Kier molecular flexibility index (Phi) is 3.71. The van der Waals surface area contributed by atoms with Crippen LogP contribution in [0.5, 0.6) is 0 Å². The molecule has 1 aliphatic heterocycles. The number of carbonyl (C=O) groups excluding carboxylic acids is 2. The number of carbonyl (C=O) groups is 2. The van der Waals surface area contributed by atoms with E-state index < -0.39 is 40.8 Å². The van der Waals surface area contributed by atoms with E-state index in [-0.39, 0.29) is 11.1 Å². The van der Waals surface area contributed by atoms with Crippen molar-refractivity contribution in [2.45, 2.75) is 12.8 Å². The molecule has 0 saturated carbocycles. The second kappa shape index (κ2) is 5.48. The minimum absolute atomic E-state index is 0.133. The Morgan fingerprint density at radius 2 is 1.54 bits per heavy atom. The number of rotatable bonds is 2. The van der Waals surface area contributed by atoms with Crippen LogP contribution in [0.1, 0.15) is 26.3 Å². The number of halogens is 4. The molecule has 1 aromatic heterocycles. The van der Waals surface area contributed by atoms with Crippen LogP contribution in [0.15, 0.2) is 41.3 Å². The highest BCUT2D eigenvalue weighted by molar-refractivity contribution is 6.30. The van der Waals surface area contributed by atoms with Crippen molar-refractivity contribution in [2.75, 3.05) is 0 Å². The van der Waals surface area contributed by atoms with E-state index in [0.717, 1.165) is 0 Å². The summed E-state index contributed by atoms with van der Waals surface area (Å²) in [7, 11) is 0. The third kappa shape index (κ3) is 2.58. The molecular weight excluding hydrogens is 349 g/mol. The van der Waals surface area contributed by atoms with Gasteiger partial charge in [0.25, 0.3) is 17.4 Å². The van der Waals surface area contributed by atoms with Gasteiger partial charge in [-0.3, -0.25) is 23.9 Å². The SMILES string of the molecule is O=C1c2ccccc2C(=O)N1Cn1cc(C(F)(F)F)cc(Cl)c1=O. The van der Waals surface area contributed by atoms with Gasteiger partial charge < -0.3 is 0 Å². The predicted molar refractivity (Wildman–Crippen MR) is 77.7 cm³/mol. The van der Waals surface area contributed by atoms with Crippen LogP contribution in [-0.2, 0) is 12.8 Å². The van der Waals surface area contributed by atoms with Gasteiger partial charge in [0, 0.05) is 6.20 Å². The van der Waals surface area contributed by atoms with Crippen LogP contribution in [0.2, 0.25) is 5.02 Å². The van der Waals surface area contributed by atoms with Gasteiger partial charge in [0.05, 0.1) is 16.7 Å². The van der Waals surface area contributed by atoms with Crippen LogP contribution < -0.4 is 5.56 Å². The Morgan fingerprint density at radius 3 is 2.04 bits per heavy atom. The number of aromatic nitrogens is 1. The number of imide groups is 1. The van der Waals surface area contributed by atoms with Gasteiger partial charge in [-0.2, -0.15) is 13.2 Å². The molecule has 9 heteroatoms. The van der Waals surface area contributed by atoms with Gasteiger partial charge in [-0.15, -0.1) is 0 Å². The first-order chi connectivity index (χ1) is 11.2. The van der Waals surface area contributed by atoms with E-state index in [0.29, 0.717) is 21.7 Å². The number of hydrogen-bond acceptors (Lipinski definition) is 3. The van der Waals surface area contributed by atoms with Crippen molar-refractivity contribution in [3.63, 3.8) is 0 Å². The minimum Gasteiger partial charge on any atom is -0.295 e. The van der Waals surface area contributed by atoms with Crippen LogP contribution in [0, 0.1) is 0 Å². The van der Waals surface area contributed by atoms with Gasteiger partial charge in [-0.05, 0) is 18.2 Å². The standard InChI is InChI=1S/C15H8ClF3N2O3/c16-11-5-8(15(17,18)19)6-20(14(11)24)7-21-12(22)9-3-1-2-4-10(9)13(21)23/h1-6H,7H2. The van der Waals surface area contributed by atoms with E-state index in [1.54, 1.807) is 12.1 Å². The van der Waals surface area contributed by atoms with Gasteiger partial charge >= 0.3 is 6.18 Å². The fourth-order valence-corrected chi connectivity index (χ4v) is 2.61. The maximum atomic E-state index is 12.8. The molecule has 5 nitrogen and oxygen atoms in total. The summed E-state index contributed by atoms with van der Waals surface area (Å²) in [5.74, 6) is -1.37. The van der Waals surface area contributed by atoms with Gasteiger partial charge in [0.15, 0.2) is 0 Å². The lowest BCUT2D eigenvalue weighted by molar-refractivity contribution is -0.138. The van der Waals surface area contributed by atoms with Crippen molar-refractivity contribution in [3.8, 4) is 0 Å². The lowest BCUT2D eigenvalue weighted by Gasteiger charge is -2.17. The lowest BCUT2D eigenvalue weighted by atomic mass is 10.1. The maximum Gasteiger partial charge on any atom is 0.417 e. The lowest BCUT2D eigenvalue weighted by Crippen LogP contribution is -2.36. The second-order valence-corrected chi connectivity index (χ2v) is 5.48. The molecule has 3 rings (SSSR count). The monoisotopic (exact) mass is 356 g/mol. The first kappa shape index (κ1) is 16.3. The Labute approximate surface area is 137 Å². The van der Waals surface area contributed by atoms with Gasteiger partial charge in [0.2, 0.25) is 0 Å². The zero-order valence-electron chi connectivity index (χ0n) is 11.8. The molecule has 0 bridgehead atoms. The third-order valence-electron chi connectivity index (χ3n) is 3.54. The fraction of sp³-hybridized carbons (Fsp3) is 0.133.